The summed E-state index contributed by atoms with van der Waals surface area (Å²) in [7, 11) is 1.33. The molecular formula is C17H24ClF3N2O2. The summed E-state index contributed by atoms with van der Waals surface area (Å²) in [5.41, 5.74) is 0.0814. The summed E-state index contributed by atoms with van der Waals surface area (Å²) in [6, 6.07) is 5.08. The Balaban J connectivity index is 0.00000312. The molecule has 1 aliphatic heterocycles. The van der Waals surface area contributed by atoms with Crippen molar-refractivity contribution in [3.8, 4) is 0 Å². The molecular weight excluding hydrogens is 357 g/mol. The molecule has 4 nitrogen and oxygen atoms in total. The molecule has 0 radical (unpaired) electrons. The second kappa shape index (κ2) is 9.99. The number of nitrogens with one attached hydrogen (secondary N) is 1. The Hall–Kier alpha value is -1.31. The van der Waals surface area contributed by atoms with Gasteiger partial charge in [0.25, 0.3) is 0 Å². The van der Waals surface area contributed by atoms with Crippen molar-refractivity contribution in [2.24, 2.45) is 5.92 Å². The highest BCUT2D eigenvalue weighted by Crippen LogP contribution is 2.29. The zero-order chi connectivity index (χ0) is 17.6. The van der Waals surface area contributed by atoms with Crippen molar-refractivity contribution in [1.29, 1.82) is 0 Å². The third kappa shape index (κ3) is 7.22. The molecule has 1 unspecified atom stereocenters. The van der Waals surface area contributed by atoms with Crippen LogP contribution in [-0.4, -0.2) is 44.2 Å². The normalized spacial score (nSPS) is 17.9. The van der Waals surface area contributed by atoms with Gasteiger partial charge in [0.15, 0.2) is 0 Å². The summed E-state index contributed by atoms with van der Waals surface area (Å²) >= 11 is 0. The van der Waals surface area contributed by atoms with Crippen molar-refractivity contribution < 1.29 is 22.7 Å². The van der Waals surface area contributed by atoms with Crippen molar-refractivity contribution in [1.82, 2.24) is 10.2 Å². The van der Waals surface area contributed by atoms with E-state index in [1.54, 1.807) is 0 Å². The zero-order valence-corrected chi connectivity index (χ0v) is 15.0. The van der Waals surface area contributed by atoms with E-state index in [0.717, 1.165) is 43.6 Å². The molecule has 1 saturated heterocycles. The van der Waals surface area contributed by atoms with Crippen LogP contribution in [0.15, 0.2) is 24.3 Å². The minimum Gasteiger partial charge on any atom is -0.468 e. The van der Waals surface area contributed by atoms with Crippen molar-refractivity contribution in [3.63, 3.8) is 0 Å². The van der Waals surface area contributed by atoms with Crippen LogP contribution in [0.25, 0.3) is 0 Å². The Labute approximate surface area is 152 Å². The van der Waals surface area contributed by atoms with Crippen molar-refractivity contribution in [3.05, 3.63) is 35.4 Å². The van der Waals surface area contributed by atoms with E-state index in [-0.39, 0.29) is 24.9 Å². The number of ether oxygens (including phenoxy) is 1. The molecule has 0 aliphatic carbocycles. The molecule has 1 heterocycles. The van der Waals surface area contributed by atoms with Gasteiger partial charge in [-0.15, -0.1) is 12.4 Å². The van der Waals surface area contributed by atoms with Crippen LogP contribution < -0.4 is 5.32 Å². The molecule has 1 fully saturated rings. The molecule has 1 aliphatic rings. The van der Waals surface area contributed by atoms with Crippen molar-refractivity contribution in [2.75, 3.05) is 33.3 Å². The number of hydrogen-bond donors (Lipinski definition) is 1. The largest absolute Gasteiger partial charge is 0.468 e. The number of hydrogen-bond acceptors (Lipinski definition) is 4. The third-order valence-electron chi connectivity index (χ3n) is 4.18. The first kappa shape index (κ1) is 21.7. The zero-order valence-electron chi connectivity index (χ0n) is 14.1. The number of carbonyl (C=O) groups excluding carboxylic acids is 1. The molecule has 0 spiro atoms. The van der Waals surface area contributed by atoms with Gasteiger partial charge in [-0.05, 0) is 49.5 Å². The van der Waals surface area contributed by atoms with E-state index in [9.17, 15) is 18.0 Å². The highest BCUT2D eigenvalue weighted by atomic mass is 35.5. The van der Waals surface area contributed by atoms with Gasteiger partial charge in [0.2, 0.25) is 0 Å². The van der Waals surface area contributed by atoms with Crippen LogP contribution in [0.5, 0.6) is 0 Å². The highest BCUT2D eigenvalue weighted by Gasteiger charge is 2.30. The van der Waals surface area contributed by atoms with Gasteiger partial charge in [0, 0.05) is 13.1 Å². The lowest BCUT2D eigenvalue weighted by atomic mass is 9.98. The summed E-state index contributed by atoms with van der Waals surface area (Å²) in [4.78, 5) is 13.5. The van der Waals surface area contributed by atoms with Crippen molar-refractivity contribution in [2.45, 2.75) is 25.6 Å². The molecule has 8 heteroatoms. The number of carbonyl (C=O) groups is 1. The average molecular weight is 381 g/mol. The quantitative estimate of drug-likeness (QED) is 0.770. The Morgan fingerprint density at radius 2 is 2.00 bits per heavy atom. The first-order valence-corrected chi connectivity index (χ1v) is 8.04. The molecule has 142 valence electrons. The van der Waals surface area contributed by atoms with E-state index in [1.807, 2.05) is 4.90 Å². The number of rotatable bonds is 6. The van der Waals surface area contributed by atoms with Crippen LogP contribution in [0, 0.1) is 5.92 Å². The van der Waals surface area contributed by atoms with Gasteiger partial charge in [-0.25, -0.2) is 0 Å². The molecule has 25 heavy (non-hydrogen) atoms. The molecule has 0 amide bonds. The maximum Gasteiger partial charge on any atom is 0.416 e. The van der Waals surface area contributed by atoms with Gasteiger partial charge >= 0.3 is 12.1 Å². The summed E-state index contributed by atoms with van der Waals surface area (Å²) in [6.07, 6.45) is -2.16. The lowest BCUT2D eigenvalue weighted by Gasteiger charge is -2.29. The number of halogens is 4. The number of methoxy groups -OCH3 is 1. The van der Waals surface area contributed by atoms with Gasteiger partial charge < -0.3 is 10.1 Å². The predicted octanol–water partition coefficient (Wildman–Crippen LogP) is 3.10. The van der Waals surface area contributed by atoms with Crippen molar-refractivity contribution >= 4 is 18.4 Å². The molecule has 0 saturated carbocycles. The van der Waals surface area contributed by atoms with E-state index in [0.29, 0.717) is 19.0 Å². The molecule has 1 aromatic rings. The number of esters is 1. The minimum absolute atomic E-state index is 0. The Bertz CT molecular complexity index is 532. The van der Waals surface area contributed by atoms with Gasteiger partial charge in [-0.2, -0.15) is 13.2 Å². The van der Waals surface area contributed by atoms with E-state index in [1.165, 1.54) is 19.2 Å². The average Bonchev–Trinajstić information content (AvgIpc) is 2.55. The maximum absolute atomic E-state index is 12.6. The smallest absolute Gasteiger partial charge is 0.416 e. The van der Waals surface area contributed by atoms with Crippen LogP contribution in [0.2, 0.25) is 0 Å². The third-order valence-corrected chi connectivity index (χ3v) is 4.18. The first-order valence-electron chi connectivity index (χ1n) is 8.04. The Morgan fingerprint density at radius 1 is 1.32 bits per heavy atom. The fourth-order valence-corrected chi connectivity index (χ4v) is 2.93. The second-order valence-electron chi connectivity index (χ2n) is 6.15. The lowest BCUT2D eigenvalue weighted by Crippen LogP contribution is -2.40. The monoisotopic (exact) mass is 380 g/mol. The van der Waals surface area contributed by atoms with Gasteiger partial charge in [0.1, 0.15) is 0 Å². The Kier molecular flexibility index (Phi) is 8.68. The Morgan fingerprint density at radius 3 is 2.52 bits per heavy atom. The SMILES string of the molecule is COC(=O)CN(Cc1ccc(C(F)(F)F)cc1)CC1CCCNC1.Cl. The van der Waals surface area contributed by atoms with E-state index in [2.05, 4.69) is 5.32 Å². The lowest BCUT2D eigenvalue weighted by molar-refractivity contribution is -0.142. The van der Waals surface area contributed by atoms with Crippen LogP contribution in [0.4, 0.5) is 13.2 Å². The molecule has 1 N–H and O–H groups in total. The van der Waals surface area contributed by atoms with Crippen LogP contribution >= 0.6 is 12.4 Å². The minimum atomic E-state index is -4.34. The van der Waals surface area contributed by atoms with Crippen LogP contribution in [-0.2, 0) is 22.3 Å². The highest BCUT2D eigenvalue weighted by molar-refractivity contribution is 5.85. The second-order valence-corrected chi connectivity index (χ2v) is 6.15. The van der Waals surface area contributed by atoms with Crippen LogP contribution in [0.3, 0.4) is 0 Å². The number of benzene rings is 1. The summed E-state index contributed by atoms with van der Waals surface area (Å²) in [5.74, 6) is 0.0866. The van der Waals surface area contributed by atoms with E-state index in [4.69, 9.17) is 4.74 Å². The topological polar surface area (TPSA) is 41.6 Å². The molecule has 2 rings (SSSR count). The molecule has 1 atom stereocenters. The summed E-state index contributed by atoms with van der Waals surface area (Å²) in [5, 5.41) is 3.33. The molecule has 0 bridgehead atoms. The number of piperidine rings is 1. The van der Waals surface area contributed by atoms with Crippen LogP contribution in [0.1, 0.15) is 24.0 Å². The molecule has 1 aromatic carbocycles. The van der Waals surface area contributed by atoms with Gasteiger partial charge in [-0.3, -0.25) is 9.69 Å². The van der Waals surface area contributed by atoms with Gasteiger partial charge in [0.05, 0.1) is 19.2 Å². The number of nitrogens with zero attached hydrogens (tertiary/aromatic N) is 1. The predicted molar refractivity (Wildman–Crippen MR) is 91.6 cm³/mol. The fraction of sp³-hybridized carbons (Fsp3) is 0.588. The number of alkyl halides is 3. The fourth-order valence-electron chi connectivity index (χ4n) is 2.93. The maximum atomic E-state index is 12.6. The standard InChI is InChI=1S/C17H23F3N2O2.ClH/c1-24-16(23)12-22(11-14-3-2-8-21-9-14)10-13-4-6-15(7-5-13)17(18,19)20;/h4-7,14,21H,2-3,8-12H2,1H3;1H. The van der Waals surface area contributed by atoms with E-state index >= 15 is 0 Å². The summed E-state index contributed by atoms with van der Waals surface area (Å²) < 4.78 is 42.6. The summed E-state index contributed by atoms with van der Waals surface area (Å²) in [6.45, 7) is 3.16. The first-order chi connectivity index (χ1) is 11.4. The van der Waals surface area contributed by atoms with E-state index < -0.39 is 11.7 Å². The molecule has 0 aromatic heterocycles. The van der Waals surface area contributed by atoms with Gasteiger partial charge in [-0.1, -0.05) is 12.1 Å².